The van der Waals surface area contributed by atoms with Crippen LogP contribution in [-0.2, 0) is 32.7 Å². The van der Waals surface area contributed by atoms with Gasteiger partial charge in [0.2, 0.25) is 5.91 Å². The second kappa shape index (κ2) is 41.6. The monoisotopic (exact) mass is 856 g/mol. The first-order valence-electron chi connectivity index (χ1n) is 21.6. The maximum atomic E-state index is 12.3. The molecule has 336 valence electrons. The lowest BCUT2D eigenvalue weighted by Gasteiger charge is -2.18. The van der Waals surface area contributed by atoms with Crippen molar-refractivity contribution in [2.45, 2.75) is 142 Å². The number of amides is 1. The fourth-order valence-electron chi connectivity index (χ4n) is 4.96. The van der Waals surface area contributed by atoms with Crippen LogP contribution >= 0.6 is 7.82 Å². The number of ether oxygens (including phenoxy) is 1. The lowest BCUT2D eigenvalue weighted by atomic mass is 10.1. The number of hydrogen-bond donors (Lipinski definition) is 4. The summed E-state index contributed by atoms with van der Waals surface area (Å²) >= 11 is 0. The van der Waals surface area contributed by atoms with Gasteiger partial charge in [0.15, 0.2) is 6.04 Å². The minimum absolute atomic E-state index is 0.0943. The zero-order chi connectivity index (χ0) is 44.2. The van der Waals surface area contributed by atoms with E-state index in [0.717, 1.165) is 83.5 Å². The number of carboxylic acids is 1. The summed E-state index contributed by atoms with van der Waals surface area (Å²) in [6, 6.07) is -1.58. The number of nitrogens with one attached hydrogen (secondary N) is 1. The van der Waals surface area contributed by atoms with E-state index in [1.807, 2.05) is 12.2 Å². The Morgan fingerprint density at radius 1 is 0.533 bits per heavy atom. The van der Waals surface area contributed by atoms with Gasteiger partial charge in [0.25, 0.3) is 0 Å². The number of carbonyl (C=O) groups excluding carboxylic acids is 2. The molecule has 0 bridgehead atoms. The molecule has 0 spiro atoms. The topological polar surface area (TPSA) is 169 Å². The van der Waals surface area contributed by atoms with E-state index in [2.05, 4.69) is 129 Å². The summed E-state index contributed by atoms with van der Waals surface area (Å²) in [6.07, 6.45) is 55.1. The summed E-state index contributed by atoms with van der Waals surface area (Å²) in [5.74, 6) is -2.50. The van der Waals surface area contributed by atoms with Gasteiger partial charge in [-0.2, -0.15) is 0 Å². The lowest BCUT2D eigenvalue weighted by molar-refractivity contribution is -0.147. The van der Waals surface area contributed by atoms with Crippen LogP contribution in [0.15, 0.2) is 122 Å². The van der Waals surface area contributed by atoms with Crippen LogP contribution in [0.25, 0.3) is 0 Å². The minimum Gasteiger partial charge on any atom is -0.480 e. The maximum Gasteiger partial charge on any atom is 0.472 e. The Morgan fingerprint density at radius 2 is 0.933 bits per heavy atom. The number of aliphatic hydroxyl groups is 1. The molecule has 11 nitrogen and oxygen atoms in total. The number of hydrogen-bond acceptors (Lipinski definition) is 8. The average Bonchev–Trinajstić information content (AvgIpc) is 3.22. The summed E-state index contributed by atoms with van der Waals surface area (Å²) in [7, 11) is -4.79. The van der Waals surface area contributed by atoms with E-state index in [-0.39, 0.29) is 12.8 Å². The molecule has 3 atom stereocenters. The van der Waals surface area contributed by atoms with Gasteiger partial charge < -0.3 is 25.2 Å². The van der Waals surface area contributed by atoms with Crippen LogP contribution in [0.3, 0.4) is 0 Å². The third kappa shape index (κ3) is 40.7. The SMILES string of the molecule is CC/C=C\C/C=C\C/C=C\C/C=C\C/C=C\CCCCCC(=O)NC(COP(=O)(O)OCC(O)COC(=O)CCC/C=C\C/C=C\C/C=C\C/C=C\C/C=C\CC)C(=O)O. The van der Waals surface area contributed by atoms with E-state index >= 15 is 0 Å². The number of allylic oxidation sites excluding steroid dienone is 20. The largest absolute Gasteiger partial charge is 0.480 e. The molecule has 0 rings (SSSR count). The van der Waals surface area contributed by atoms with Crippen molar-refractivity contribution in [3.63, 3.8) is 0 Å². The third-order valence-corrected chi connectivity index (χ3v) is 9.20. The van der Waals surface area contributed by atoms with Crippen molar-refractivity contribution >= 4 is 25.7 Å². The lowest BCUT2D eigenvalue weighted by Crippen LogP contribution is -2.43. The van der Waals surface area contributed by atoms with Crippen molar-refractivity contribution in [1.29, 1.82) is 0 Å². The zero-order valence-electron chi connectivity index (χ0n) is 36.2. The molecule has 0 aromatic heterocycles. The number of aliphatic hydroxyl groups excluding tert-OH is 1. The molecule has 0 radical (unpaired) electrons. The third-order valence-electron chi connectivity index (χ3n) is 8.25. The van der Waals surface area contributed by atoms with Gasteiger partial charge in [-0.1, -0.05) is 142 Å². The van der Waals surface area contributed by atoms with Gasteiger partial charge in [0.05, 0.1) is 13.2 Å². The van der Waals surface area contributed by atoms with E-state index in [0.29, 0.717) is 19.3 Å². The molecule has 0 aliphatic heterocycles. The molecule has 0 aliphatic rings. The molecule has 12 heteroatoms. The highest BCUT2D eigenvalue weighted by Crippen LogP contribution is 2.43. The molecule has 0 aromatic carbocycles. The van der Waals surface area contributed by atoms with Crippen molar-refractivity contribution in [1.82, 2.24) is 5.32 Å². The molecule has 0 saturated heterocycles. The van der Waals surface area contributed by atoms with Crippen LogP contribution < -0.4 is 5.32 Å². The fourth-order valence-corrected chi connectivity index (χ4v) is 5.74. The molecule has 0 heterocycles. The smallest absolute Gasteiger partial charge is 0.472 e. The Balaban J connectivity index is 4.07. The number of carbonyl (C=O) groups is 3. The summed E-state index contributed by atoms with van der Waals surface area (Å²) in [5.41, 5.74) is 0. The molecule has 0 saturated carbocycles. The molecule has 60 heavy (non-hydrogen) atoms. The number of carboxylic acid groups (broad SMARTS) is 1. The van der Waals surface area contributed by atoms with Gasteiger partial charge in [-0.3, -0.25) is 18.6 Å². The molecule has 0 fully saturated rings. The van der Waals surface area contributed by atoms with E-state index in [4.69, 9.17) is 13.8 Å². The molecule has 0 aromatic rings. The van der Waals surface area contributed by atoms with E-state index in [1.165, 1.54) is 0 Å². The number of aliphatic carboxylic acids is 1. The van der Waals surface area contributed by atoms with Gasteiger partial charge in [-0.25, -0.2) is 9.36 Å². The predicted molar refractivity (Wildman–Crippen MR) is 244 cm³/mol. The fraction of sp³-hybridized carbons (Fsp3) is 0.521. The van der Waals surface area contributed by atoms with Gasteiger partial charge in [0.1, 0.15) is 12.7 Å². The van der Waals surface area contributed by atoms with E-state index in [9.17, 15) is 34.1 Å². The number of esters is 1. The average molecular weight is 856 g/mol. The highest BCUT2D eigenvalue weighted by atomic mass is 31.2. The molecule has 0 aliphatic carbocycles. The van der Waals surface area contributed by atoms with Crippen molar-refractivity contribution < 1.29 is 47.8 Å². The molecular weight excluding hydrogens is 781 g/mol. The van der Waals surface area contributed by atoms with Crippen LogP contribution in [0.4, 0.5) is 0 Å². The highest BCUT2D eigenvalue weighted by molar-refractivity contribution is 7.47. The number of phosphoric ester groups is 1. The first kappa shape index (κ1) is 55.9. The summed E-state index contributed by atoms with van der Waals surface area (Å²) in [6.45, 7) is 2.25. The second-order valence-electron chi connectivity index (χ2n) is 13.8. The number of rotatable bonds is 38. The molecule has 3 unspecified atom stereocenters. The normalized spacial score (nSPS) is 14.9. The van der Waals surface area contributed by atoms with Crippen LogP contribution in [0, 0.1) is 0 Å². The van der Waals surface area contributed by atoms with E-state index < -0.39 is 57.6 Å². The summed E-state index contributed by atoms with van der Waals surface area (Å²) in [5, 5.41) is 21.8. The quantitative estimate of drug-likeness (QED) is 0.0203. The van der Waals surface area contributed by atoms with Crippen LogP contribution in [0.5, 0.6) is 0 Å². The van der Waals surface area contributed by atoms with Gasteiger partial charge in [-0.05, 0) is 96.3 Å². The first-order valence-corrected chi connectivity index (χ1v) is 23.1. The number of phosphoric acid groups is 1. The Hall–Kier alpha value is -4.12. The highest BCUT2D eigenvalue weighted by Gasteiger charge is 2.28. The summed E-state index contributed by atoms with van der Waals surface area (Å²) < 4.78 is 26.8. The van der Waals surface area contributed by atoms with Crippen LogP contribution in [-0.4, -0.2) is 64.9 Å². The van der Waals surface area contributed by atoms with E-state index in [1.54, 1.807) is 0 Å². The van der Waals surface area contributed by atoms with Crippen LogP contribution in [0.1, 0.15) is 129 Å². The Morgan fingerprint density at radius 3 is 1.37 bits per heavy atom. The first-order chi connectivity index (χ1) is 29.1. The zero-order valence-corrected chi connectivity index (χ0v) is 37.1. The molecular formula is C48H74NO10P. The molecule has 1 amide bonds. The standard InChI is InChI=1S/C48H74NO10P/c1-3-5-7-9-11-13-15-17-19-21-22-24-25-27-29-31-33-35-37-39-46(51)49-45(48(53)54)43-59-60(55,56)58-42-44(50)41-57-47(52)40-38-36-34-32-30-28-26-23-20-18-16-14-12-10-8-6-4-2/h5-8,11-14,17-20,22,24,26-29,32,34,44-45,50H,3-4,9-10,15-16,21,23,25,30-31,33,35-43H2,1-2H3,(H,49,51)(H,53,54)(H,55,56)/b7-5-,8-6-,13-11-,14-12-,19-17-,20-18-,24-22-,28-26-,29-27-,34-32-. The maximum absolute atomic E-state index is 12.3. The van der Waals surface area contributed by atoms with Gasteiger partial charge in [0, 0.05) is 12.8 Å². The Bertz CT molecular complexity index is 1470. The number of unbranched alkanes of at least 4 members (excludes halogenated alkanes) is 4. The second-order valence-corrected chi connectivity index (χ2v) is 15.2. The van der Waals surface area contributed by atoms with Crippen molar-refractivity contribution in [2.24, 2.45) is 0 Å². The van der Waals surface area contributed by atoms with Crippen molar-refractivity contribution in [3.05, 3.63) is 122 Å². The van der Waals surface area contributed by atoms with Crippen molar-refractivity contribution in [3.8, 4) is 0 Å². The Kier molecular flexibility index (Phi) is 38.8. The minimum atomic E-state index is -4.79. The van der Waals surface area contributed by atoms with Crippen molar-refractivity contribution in [2.75, 3.05) is 19.8 Å². The van der Waals surface area contributed by atoms with Gasteiger partial charge >= 0.3 is 19.8 Å². The Labute approximate surface area is 360 Å². The molecule has 4 N–H and O–H groups in total. The van der Waals surface area contributed by atoms with Gasteiger partial charge in [-0.15, -0.1) is 0 Å². The van der Waals surface area contributed by atoms with Crippen LogP contribution in [0.2, 0.25) is 0 Å². The summed E-state index contributed by atoms with van der Waals surface area (Å²) in [4.78, 5) is 45.9. The predicted octanol–water partition coefficient (Wildman–Crippen LogP) is 11.2.